The van der Waals surface area contributed by atoms with E-state index in [4.69, 9.17) is 0 Å². The molecule has 0 unspecified atom stereocenters. The molecule has 0 saturated carbocycles. The number of nitrogens with one attached hydrogen (secondary N) is 1. The number of ketones is 1. The van der Waals surface area contributed by atoms with Crippen molar-refractivity contribution in [2.45, 2.75) is 25.5 Å². The predicted molar refractivity (Wildman–Crippen MR) is 140 cm³/mol. The average Bonchev–Trinajstić information content (AvgIpc) is 3.41. The second-order valence-electron chi connectivity index (χ2n) is 7.62. The van der Waals surface area contributed by atoms with Crippen molar-refractivity contribution >= 4 is 40.5 Å². The van der Waals surface area contributed by atoms with Gasteiger partial charge in [-0.3, -0.25) is 14.2 Å². The maximum Gasteiger partial charge on any atom is 0.234 e. The molecule has 0 radical (unpaired) electrons. The summed E-state index contributed by atoms with van der Waals surface area (Å²) in [6.45, 7) is 8.03. The first-order valence-corrected chi connectivity index (χ1v) is 12.6. The molecule has 0 aliphatic heterocycles. The number of allylic oxidation sites excluding steroid dienone is 1. The van der Waals surface area contributed by atoms with Gasteiger partial charge in [0.1, 0.15) is 0 Å². The van der Waals surface area contributed by atoms with E-state index in [0.29, 0.717) is 23.0 Å². The number of thiophene rings is 1. The second-order valence-corrected chi connectivity index (χ2v) is 9.65. The molecule has 2 aromatic heterocycles. The van der Waals surface area contributed by atoms with Gasteiger partial charge in [-0.2, -0.15) is 0 Å². The van der Waals surface area contributed by atoms with Crippen LogP contribution in [0.2, 0.25) is 0 Å². The van der Waals surface area contributed by atoms with Crippen molar-refractivity contribution in [2.75, 3.05) is 11.1 Å². The smallest absolute Gasteiger partial charge is 0.234 e. The van der Waals surface area contributed by atoms with Crippen LogP contribution in [0.15, 0.2) is 77.8 Å². The van der Waals surface area contributed by atoms with Crippen molar-refractivity contribution in [3.63, 3.8) is 0 Å². The van der Waals surface area contributed by atoms with Crippen molar-refractivity contribution < 1.29 is 9.59 Å². The Morgan fingerprint density at radius 2 is 1.85 bits per heavy atom. The number of aromatic nitrogens is 3. The van der Waals surface area contributed by atoms with E-state index in [1.165, 1.54) is 23.6 Å². The van der Waals surface area contributed by atoms with Crippen molar-refractivity contribution in [2.24, 2.45) is 0 Å². The number of carbonyl (C=O) groups excluding carboxylic acids is 2. The summed E-state index contributed by atoms with van der Waals surface area (Å²) in [5, 5.41) is 14.5. The number of nitrogens with zero attached hydrogens (tertiary/aromatic N) is 3. The van der Waals surface area contributed by atoms with Gasteiger partial charge in [-0.15, -0.1) is 28.1 Å². The minimum absolute atomic E-state index is 0.0120. The van der Waals surface area contributed by atoms with E-state index in [1.807, 2.05) is 22.8 Å². The lowest BCUT2D eigenvalue weighted by molar-refractivity contribution is -0.113. The Kier molecular flexibility index (Phi) is 7.40. The highest BCUT2D eigenvalue weighted by molar-refractivity contribution is 7.99. The molecule has 1 N–H and O–H groups in total. The standard InChI is InChI=1S/C26H24N4O2S2/c1-4-14-30-25(22-15-33-18(3)24(22)20-8-6-5-7-9-20)28-29-26(30)34-16-23(32)27-21-12-10-19(11-13-21)17(2)31/h4-13,15H,1,14,16H2,2-3H3,(H,27,32). The molecule has 34 heavy (non-hydrogen) atoms. The molecule has 0 bridgehead atoms. The number of rotatable bonds is 9. The van der Waals surface area contributed by atoms with Crippen molar-refractivity contribution in [1.29, 1.82) is 0 Å². The molecule has 2 heterocycles. The van der Waals surface area contributed by atoms with Gasteiger partial charge in [0, 0.05) is 39.2 Å². The predicted octanol–water partition coefficient (Wildman–Crippen LogP) is 6.10. The summed E-state index contributed by atoms with van der Waals surface area (Å²) in [6.07, 6.45) is 1.80. The Morgan fingerprint density at radius 1 is 1.12 bits per heavy atom. The van der Waals surface area contributed by atoms with Crippen molar-refractivity contribution in [3.8, 4) is 22.5 Å². The summed E-state index contributed by atoms with van der Waals surface area (Å²) in [4.78, 5) is 25.1. The van der Waals surface area contributed by atoms with E-state index in [9.17, 15) is 9.59 Å². The summed E-state index contributed by atoms with van der Waals surface area (Å²) in [7, 11) is 0. The van der Waals surface area contributed by atoms with Gasteiger partial charge in [-0.05, 0) is 43.7 Å². The van der Waals surface area contributed by atoms with Crippen molar-refractivity contribution in [3.05, 3.63) is 83.1 Å². The molecule has 0 atom stereocenters. The second kappa shape index (κ2) is 10.6. The molecule has 0 saturated heterocycles. The lowest BCUT2D eigenvalue weighted by atomic mass is 10.0. The molecular formula is C26H24N4O2S2. The summed E-state index contributed by atoms with van der Waals surface area (Å²) in [6, 6.07) is 17.1. The molecule has 1 amide bonds. The van der Waals surface area contributed by atoms with E-state index < -0.39 is 0 Å². The molecule has 6 nitrogen and oxygen atoms in total. The van der Waals surface area contributed by atoms with Gasteiger partial charge in [-0.1, -0.05) is 48.2 Å². The number of amides is 1. The molecule has 0 spiro atoms. The number of thioether (sulfide) groups is 1. The zero-order chi connectivity index (χ0) is 24.1. The maximum absolute atomic E-state index is 12.5. The van der Waals surface area contributed by atoms with E-state index in [1.54, 1.807) is 41.7 Å². The van der Waals surface area contributed by atoms with Crippen LogP contribution in [0.3, 0.4) is 0 Å². The molecule has 0 fully saturated rings. The molecule has 0 aliphatic carbocycles. The van der Waals surface area contributed by atoms with Crippen LogP contribution in [0.5, 0.6) is 0 Å². The Hall–Kier alpha value is -3.49. The minimum atomic E-state index is -0.161. The third-order valence-electron chi connectivity index (χ3n) is 5.21. The third kappa shape index (κ3) is 5.18. The number of hydrogen-bond acceptors (Lipinski definition) is 6. The normalized spacial score (nSPS) is 10.8. The first-order chi connectivity index (χ1) is 16.5. The SMILES string of the molecule is C=CCn1c(SCC(=O)Nc2ccc(C(C)=O)cc2)nnc1-c1csc(C)c1-c1ccccc1. The van der Waals surface area contributed by atoms with Crippen LogP contribution in [0, 0.1) is 6.92 Å². The summed E-state index contributed by atoms with van der Waals surface area (Å²) in [5.41, 5.74) is 4.55. The van der Waals surface area contributed by atoms with Gasteiger partial charge in [0.25, 0.3) is 0 Å². The fourth-order valence-corrected chi connectivity index (χ4v) is 5.20. The van der Waals surface area contributed by atoms with E-state index in [0.717, 1.165) is 22.5 Å². The zero-order valence-corrected chi connectivity index (χ0v) is 20.6. The monoisotopic (exact) mass is 488 g/mol. The Labute approximate surface area is 206 Å². The molecule has 0 aliphatic rings. The van der Waals surface area contributed by atoms with Crippen LogP contribution in [0.1, 0.15) is 22.2 Å². The van der Waals surface area contributed by atoms with Gasteiger partial charge in [-0.25, -0.2) is 0 Å². The molecular weight excluding hydrogens is 464 g/mol. The molecule has 2 aromatic carbocycles. The summed E-state index contributed by atoms with van der Waals surface area (Å²) >= 11 is 3.01. The average molecular weight is 489 g/mol. The molecule has 4 aromatic rings. The van der Waals surface area contributed by atoms with E-state index >= 15 is 0 Å². The zero-order valence-electron chi connectivity index (χ0n) is 18.9. The third-order valence-corrected chi connectivity index (χ3v) is 7.09. The highest BCUT2D eigenvalue weighted by atomic mass is 32.2. The number of Topliss-reactive ketones (excluding diaryl/α,β-unsaturated/α-hetero) is 1. The summed E-state index contributed by atoms with van der Waals surface area (Å²) < 4.78 is 1.99. The van der Waals surface area contributed by atoms with Gasteiger partial charge in [0.2, 0.25) is 5.91 Å². The number of anilines is 1. The fraction of sp³-hybridized carbons (Fsp3) is 0.154. The Bertz CT molecular complexity index is 1320. The van der Waals surface area contributed by atoms with Crippen molar-refractivity contribution in [1.82, 2.24) is 14.8 Å². The first-order valence-electron chi connectivity index (χ1n) is 10.7. The molecule has 4 rings (SSSR count). The van der Waals surface area contributed by atoms with Crippen LogP contribution in [-0.2, 0) is 11.3 Å². The van der Waals surface area contributed by atoms with Crippen LogP contribution >= 0.6 is 23.1 Å². The highest BCUT2D eigenvalue weighted by Crippen LogP contribution is 2.39. The number of aryl methyl sites for hydroxylation is 1. The topological polar surface area (TPSA) is 76.9 Å². The van der Waals surface area contributed by atoms with Crippen LogP contribution in [0.25, 0.3) is 22.5 Å². The Balaban J connectivity index is 1.53. The van der Waals surface area contributed by atoms with Gasteiger partial charge in [0.05, 0.1) is 5.75 Å². The van der Waals surface area contributed by atoms with E-state index in [2.05, 4.69) is 46.5 Å². The summed E-state index contributed by atoms with van der Waals surface area (Å²) in [5.74, 6) is 0.761. The fourth-order valence-electron chi connectivity index (χ4n) is 3.59. The quantitative estimate of drug-likeness (QED) is 0.175. The lowest BCUT2D eigenvalue weighted by Crippen LogP contribution is -2.14. The van der Waals surface area contributed by atoms with Gasteiger partial charge < -0.3 is 5.32 Å². The first kappa shape index (κ1) is 23.7. The van der Waals surface area contributed by atoms with Gasteiger partial charge >= 0.3 is 0 Å². The maximum atomic E-state index is 12.5. The minimum Gasteiger partial charge on any atom is -0.325 e. The largest absolute Gasteiger partial charge is 0.325 e. The van der Waals surface area contributed by atoms with Gasteiger partial charge in [0.15, 0.2) is 16.8 Å². The van der Waals surface area contributed by atoms with Crippen LogP contribution in [-0.4, -0.2) is 32.2 Å². The Morgan fingerprint density at radius 3 is 2.53 bits per heavy atom. The van der Waals surface area contributed by atoms with Crippen LogP contribution in [0.4, 0.5) is 5.69 Å². The van der Waals surface area contributed by atoms with E-state index in [-0.39, 0.29) is 17.4 Å². The lowest BCUT2D eigenvalue weighted by Gasteiger charge is -2.10. The highest BCUT2D eigenvalue weighted by Gasteiger charge is 2.20. The molecule has 172 valence electrons. The number of carbonyl (C=O) groups is 2. The number of benzene rings is 2. The van der Waals surface area contributed by atoms with Crippen LogP contribution < -0.4 is 5.32 Å². The molecule has 8 heteroatoms. The number of hydrogen-bond donors (Lipinski definition) is 1.